The van der Waals surface area contributed by atoms with Crippen molar-refractivity contribution in [1.82, 2.24) is 15.2 Å². The highest BCUT2D eigenvalue weighted by atomic mass is 35.5. The van der Waals surface area contributed by atoms with Crippen LogP contribution in [0, 0.1) is 11.7 Å². The third-order valence-corrected chi connectivity index (χ3v) is 10.1. The smallest absolute Gasteiger partial charge is 0.387 e. The van der Waals surface area contributed by atoms with E-state index < -0.39 is 36.5 Å². The Morgan fingerprint density at radius 1 is 0.944 bits per heavy atom. The fourth-order valence-corrected chi connectivity index (χ4v) is 7.35. The normalized spacial score (nSPS) is 19.0. The van der Waals surface area contributed by atoms with E-state index >= 15 is 4.39 Å². The lowest BCUT2D eigenvalue weighted by atomic mass is 9.86. The molecule has 3 aliphatic heterocycles. The summed E-state index contributed by atoms with van der Waals surface area (Å²) in [5.41, 5.74) is 1.80. The number of piperidine rings is 3. The first-order valence-electron chi connectivity index (χ1n) is 17.7. The van der Waals surface area contributed by atoms with Gasteiger partial charge in [0.1, 0.15) is 24.1 Å². The molecule has 3 atom stereocenters. The number of halogens is 5. The fraction of sp³-hybridized carbons (Fsp3) is 0.375. The summed E-state index contributed by atoms with van der Waals surface area (Å²) in [5.74, 6) is -1.72. The maximum atomic E-state index is 15.1. The van der Waals surface area contributed by atoms with Gasteiger partial charge in [0, 0.05) is 37.5 Å². The first kappa shape index (κ1) is 39.3. The van der Waals surface area contributed by atoms with E-state index in [4.69, 9.17) is 37.4 Å². The van der Waals surface area contributed by atoms with Crippen molar-refractivity contribution in [2.24, 2.45) is 5.92 Å². The summed E-state index contributed by atoms with van der Waals surface area (Å²) in [4.78, 5) is 33.7. The first-order valence-corrected chi connectivity index (χ1v) is 18.4. The van der Waals surface area contributed by atoms with E-state index in [9.17, 15) is 18.4 Å². The molecule has 54 heavy (non-hydrogen) atoms. The minimum Gasteiger partial charge on any atom is -0.487 e. The Balaban J connectivity index is 1.23. The molecule has 7 rings (SSSR count). The Morgan fingerprint density at radius 2 is 1.69 bits per heavy atom. The molecule has 0 aliphatic carbocycles. The van der Waals surface area contributed by atoms with Gasteiger partial charge in [0.05, 0.1) is 21.7 Å². The highest BCUT2D eigenvalue weighted by Crippen LogP contribution is 2.37. The van der Waals surface area contributed by atoms with E-state index in [1.165, 1.54) is 36.7 Å². The molecule has 2 unspecified atom stereocenters. The van der Waals surface area contributed by atoms with Gasteiger partial charge < -0.3 is 18.9 Å². The Bertz CT molecular complexity index is 1920. The minimum atomic E-state index is -3.09. The number of ether oxygens (including phenoxy) is 4. The van der Waals surface area contributed by atoms with Gasteiger partial charge in [0.2, 0.25) is 0 Å². The number of esters is 2. The van der Waals surface area contributed by atoms with Crippen molar-refractivity contribution < 1.29 is 41.7 Å². The third kappa shape index (κ3) is 9.84. The van der Waals surface area contributed by atoms with Crippen LogP contribution in [0.3, 0.4) is 0 Å². The number of hydrogen-bond acceptors (Lipinski definition) is 9. The van der Waals surface area contributed by atoms with Gasteiger partial charge in [-0.15, -0.1) is 0 Å². The number of alkyl halides is 2. The zero-order valence-electron chi connectivity index (χ0n) is 29.7. The molecule has 3 fully saturated rings. The van der Waals surface area contributed by atoms with E-state index in [1.807, 2.05) is 0 Å². The third-order valence-electron chi connectivity index (χ3n) is 9.50. The van der Waals surface area contributed by atoms with E-state index in [2.05, 4.69) is 19.9 Å². The van der Waals surface area contributed by atoms with Crippen LogP contribution in [0.15, 0.2) is 79.1 Å². The van der Waals surface area contributed by atoms with Crippen molar-refractivity contribution in [2.45, 2.75) is 70.6 Å². The van der Waals surface area contributed by atoms with Crippen LogP contribution >= 0.6 is 23.2 Å². The number of pyridine rings is 1. The molecule has 0 spiro atoms. The zero-order valence-corrected chi connectivity index (χ0v) is 31.2. The van der Waals surface area contributed by atoms with Crippen LogP contribution in [-0.2, 0) is 27.2 Å². The quantitative estimate of drug-likeness (QED) is 0.119. The molecule has 3 saturated heterocycles. The summed E-state index contributed by atoms with van der Waals surface area (Å²) in [7, 11) is 0. The van der Waals surface area contributed by atoms with Gasteiger partial charge in [-0.25, -0.2) is 14.0 Å². The second kappa shape index (κ2) is 17.9. The molecule has 2 bridgehead atoms. The lowest BCUT2D eigenvalue weighted by Crippen LogP contribution is -2.52. The van der Waals surface area contributed by atoms with Crippen molar-refractivity contribution in [3.63, 3.8) is 0 Å². The number of carbonyl (C=O) groups is 2. The number of aromatic nitrogens is 1. The maximum Gasteiger partial charge on any atom is 0.387 e. The van der Waals surface area contributed by atoms with Gasteiger partial charge in [-0.2, -0.15) is 8.78 Å². The molecule has 3 aliphatic rings. The van der Waals surface area contributed by atoms with Crippen LogP contribution < -0.4 is 14.8 Å². The molecule has 4 heterocycles. The van der Waals surface area contributed by atoms with E-state index in [1.54, 1.807) is 56.3 Å². The van der Waals surface area contributed by atoms with Crippen LogP contribution in [0.5, 0.6) is 11.5 Å². The van der Waals surface area contributed by atoms with Gasteiger partial charge in [-0.05, 0) is 92.7 Å². The van der Waals surface area contributed by atoms with Crippen LogP contribution in [0.25, 0.3) is 0 Å². The molecule has 9 nitrogen and oxygen atoms in total. The predicted molar refractivity (Wildman–Crippen MR) is 196 cm³/mol. The number of rotatable bonds is 15. The van der Waals surface area contributed by atoms with Gasteiger partial charge in [-0.1, -0.05) is 59.6 Å². The summed E-state index contributed by atoms with van der Waals surface area (Å²) in [6.45, 7) is 3.08. The van der Waals surface area contributed by atoms with Crippen molar-refractivity contribution in [3.05, 3.63) is 123 Å². The number of nitrogens with one attached hydrogen (secondary N) is 1. The van der Waals surface area contributed by atoms with Crippen LogP contribution in [0.4, 0.5) is 13.2 Å². The number of nitrogens with zero attached hydrogens (tertiary/aromatic N) is 2. The van der Waals surface area contributed by atoms with Gasteiger partial charge in [0.25, 0.3) is 0 Å². The summed E-state index contributed by atoms with van der Waals surface area (Å²) < 4.78 is 64.0. The molecular weight excluding hydrogens is 746 g/mol. The summed E-state index contributed by atoms with van der Waals surface area (Å²) in [6, 6.07) is 15.8. The fourth-order valence-electron chi connectivity index (χ4n) is 6.83. The number of fused-ring (bicyclic) bond motifs is 3. The van der Waals surface area contributed by atoms with Crippen molar-refractivity contribution in [3.8, 4) is 11.5 Å². The molecule has 0 radical (unpaired) electrons. The number of carbonyl (C=O) groups excluding carboxylic acids is 2. The highest BCUT2D eigenvalue weighted by Gasteiger charge is 2.38. The standard InChI is InChI=1S/C40H40Cl2F3N3O6/c1-23(2)51-35-17-26(10-11-33(35)54-40(44)45)34(18-29-30(41)20-46-21-31(29)42)52-38(49)27-7-5-6-24(16-27)19-47-37(28-8-3-4-9-32(28)43)39(50)53-36-22-48-14-12-25(36)13-15-48/h3-11,16-17,20-21,23,25,34,36-37,40,47H,12-15,18-19,22H2,1-2H3/t34?,36-,37?/m0/s1. The van der Waals surface area contributed by atoms with E-state index in [0.717, 1.165) is 25.9 Å². The Morgan fingerprint density at radius 3 is 2.35 bits per heavy atom. The average molecular weight is 787 g/mol. The summed E-state index contributed by atoms with van der Waals surface area (Å²) in [5, 5.41) is 3.63. The molecule has 1 N–H and O–H groups in total. The summed E-state index contributed by atoms with van der Waals surface area (Å²) >= 11 is 12.9. The molecule has 14 heteroatoms. The second-order valence-electron chi connectivity index (χ2n) is 13.6. The molecule has 0 saturated carbocycles. The molecule has 4 aromatic rings. The largest absolute Gasteiger partial charge is 0.487 e. The summed E-state index contributed by atoms with van der Waals surface area (Å²) in [6.07, 6.45) is 3.07. The van der Waals surface area contributed by atoms with Crippen molar-refractivity contribution in [1.29, 1.82) is 0 Å². The average Bonchev–Trinajstić information content (AvgIpc) is 3.14. The molecule has 1 aromatic heterocycles. The monoisotopic (exact) mass is 785 g/mol. The minimum absolute atomic E-state index is 0.00931. The Hall–Kier alpha value is -4.36. The number of hydrogen-bond donors (Lipinski definition) is 1. The van der Waals surface area contributed by atoms with Crippen LogP contribution in [-0.4, -0.2) is 60.3 Å². The molecular formula is C40H40Cl2F3N3O6. The SMILES string of the molecule is CC(C)Oc1cc(C(Cc2c(Cl)cncc2Cl)OC(=O)c2cccc(CNC(C(=O)O[C@H]3CN4CCC3CC4)c3ccccc3F)c2)ccc1OC(F)F. The lowest BCUT2D eigenvalue weighted by Gasteiger charge is -2.44. The topological polar surface area (TPSA) is 99.2 Å². The predicted octanol–water partition coefficient (Wildman–Crippen LogP) is 8.53. The Kier molecular flexibility index (Phi) is 13.0. The second-order valence-corrected chi connectivity index (χ2v) is 14.4. The van der Waals surface area contributed by atoms with Crippen molar-refractivity contribution in [2.75, 3.05) is 19.6 Å². The highest BCUT2D eigenvalue weighted by molar-refractivity contribution is 6.35. The van der Waals surface area contributed by atoms with Gasteiger partial charge in [0.15, 0.2) is 11.5 Å². The van der Waals surface area contributed by atoms with Crippen LogP contribution in [0.2, 0.25) is 10.0 Å². The number of benzene rings is 3. The molecule has 3 aromatic carbocycles. The zero-order chi connectivity index (χ0) is 38.4. The lowest BCUT2D eigenvalue weighted by molar-refractivity contribution is -0.161. The first-order chi connectivity index (χ1) is 25.9. The molecule has 286 valence electrons. The van der Waals surface area contributed by atoms with E-state index in [-0.39, 0.29) is 63.8 Å². The van der Waals surface area contributed by atoms with Gasteiger partial charge in [-0.3, -0.25) is 15.2 Å². The molecule has 0 amide bonds. The van der Waals surface area contributed by atoms with Gasteiger partial charge >= 0.3 is 18.6 Å². The van der Waals surface area contributed by atoms with E-state index in [0.29, 0.717) is 23.2 Å². The maximum absolute atomic E-state index is 15.1. The Labute approximate surface area is 321 Å². The van der Waals surface area contributed by atoms with Crippen LogP contribution in [0.1, 0.15) is 71.4 Å². The van der Waals surface area contributed by atoms with Crippen molar-refractivity contribution >= 4 is 35.1 Å².